The third kappa shape index (κ3) is 3.40. The van der Waals surface area contributed by atoms with Crippen molar-refractivity contribution in [1.82, 2.24) is 24.0 Å². The third-order valence-corrected chi connectivity index (χ3v) is 6.11. The number of alkyl halides is 3. The van der Waals surface area contributed by atoms with Crippen molar-refractivity contribution in [2.45, 2.75) is 50.2 Å². The summed E-state index contributed by atoms with van der Waals surface area (Å²) in [4.78, 5) is 8.66. The molecule has 31 heavy (non-hydrogen) atoms. The number of rotatable bonds is 5. The molecule has 10 heteroatoms. The van der Waals surface area contributed by atoms with E-state index in [1.54, 1.807) is 29.2 Å². The van der Waals surface area contributed by atoms with E-state index >= 15 is 0 Å². The number of fused-ring (bicyclic) bond motifs is 2. The first-order chi connectivity index (χ1) is 14.9. The molecule has 0 aromatic carbocycles. The van der Waals surface area contributed by atoms with E-state index in [4.69, 9.17) is 11.6 Å². The largest absolute Gasteiger partial charge is 0.419 e. The Kier molecular flexibility index (Phi) is 4.02. The van der Waals surface area contributed by atoms with Crippen LogP contribution in [0.5, 0.6) is 0 Å². The molecule has 4 heterocycles. The lowest BCUT2D eigenvalue weighted by Crippen LogP contribution is -2.09. The standard InChI is InChI=1S/C21H18ClF3N6/c22-17-6-18(31-19(29-17)15(8-27-31)12-3-4-12)26-7-14-10-30-9-13(11-1-2-11)5-16(20(30)28-14)21(23,24)25/h5-6,8-12,26H,1-4,7H2. The first kappa shape index (κ1) is 18.9. The van der Waals surface area contributed by atoms with Gasteiger partial charge >= 0.3 is 6.18 Å². The van der Waals surface area contributed by atoms with Crippen LogP contribution in [-0.2, 0) is 12.7 Å². The number of aromatic nitrogens is 5. The van der Waals surface area contributed by atoms with Crippen LogP contribution in [-0.4, -0.2) is 24.0 Å². The highest BCUT2D eigenvalue weighted by Gasteiger charge is 2.36. The Balaban J connectivity index is 1.34. The van der Waals surface area contributed by atoms with Crippen LogP contribution in [0.4, 0.5) is 19.0 Å². The lowest BCUT2D eigenvalue weighted by Gasteiger charge is -2.10. The van der Waals surface area contributed by atoms with Gasteiger partial charge in [0.15, 0.2) is 5.65 Å². The summed E-state index contributed by atoms with van der Waals surface area (Å²) in [6.07, 6.45) is 4.84. The van der Waals surface area contributed by atoms with Gasteiger partial charge in [0.2, 0.25) is 0 Å². The summed E-state index contributed by atoms with van der Waals surface area (Å²) in [5.74, 6) is 1.30. The topological polar surface area (TPSA) is 59.5 Å². The zero-order valence-corrected chi connectivity index (χ0v) is 17.1. The van der Waals surface area contributed by atoms with E-state index in [-0.39, 0.29) is 18.1 Å². The second-order valence-corrected chi connectivity index (χ2v) is 8.74. The third-order valence-electron chi connectivity index (χ3n) is 5.91. The maximum Gasteiger partial charge on any atom is 0.419 e. The first-order valence-corrected chi connectivity index (χ1v) is 10.6. The van der Waals surface area contributed by atoms with E-state index in [2.05, 4.69) is 20.4 Å². The van der Waals surface area contributed by atoms with Crippen LogP contribution in [0.1, 0.15) is 59.9 Å². The van der Waals surface area contributed by atoms with E-state index in [0.717, 1.165) is 31.2 Å². The molecule has 1 N–H and O–H groups in total. The normalized spacial score (nSPS) is 17.0. The van der Waals surface area contributed by atoms with Gasteiger partial charge in [-0.1, -0.05) is 11.6 Å². The Bertz CT molecular complexity index is 1320. The summed E-state index contributed by atoms with van der Waals surface area (Å²) in [7, 11) is 0. The Hall–Kier alpha value is -2.81. The van der Waals surface area contributed by atoms with Crippen LogP contribution < -0.4 is 5.32 Å². The summed E-state index contributed by atoms with van der Waals surface area (Å²) >= 11 is 6.21. The smallest absolute Gasteiger partial charge is 0.364 e. The number of nitrogens with one attached hydrogen (secondary N) is 1. The monoisotopic (exact) mass is 446 g/mol. The van der Waals surface area contributed by atoms with Crippen LogP contribution in [0.2, 0.25) is 5.15 Å². The van der Waals surface area contributed by atoms with Gasteiger partial charge in [-0.2, -0.15) is 22.8 Å². The minimum Gasteiger partial charge on any atom is -0.364 e. The van der Waals surface area contributed by atoms with Crippen LogP contribution in [0.25, 0.3) is 11.3 Å². The molecular weight excluding hydrogens is 429 g/mol. The van der Waals surface area contributed by atoms with Gasteiger partial charge in [-0.3, -0.25) is 0 Å². The zero-order valence-electron chi connectivity index (χ0n) is 16.3. The highest BCUT2D eigenvalue weighted by molar-refractivity contribution is 6.29. The summed E-state index contributed by atoms with van der Waals surface area (Å²) < 4.78 is 44.1. The number of halogens is 4. The van der Waals surface area contributed by atoms with Crippen molar-refractivity contribution in [1.29, 1.82) is 0 Å². The van der Waals surface area contributed by atoms with E-state index < -0.39 is 11.7 Å². The molecular formula is C21H18ClF3N6. The molecule has 2 fully saturated rings. The molecule has 6 rings (SSSR count). The SMILES string of the molecule is FC(F)(F)c1cc(C2CC2)cn2cc(CNc3cc(Cl)nc4c(C5CC5)cnn34)nc12. The fraction of sp³-hybridized carbons (Fsp3) is 0.381. The maximum atomic E-state index is 13.6. The number of hydrogen-bond acceptors (Lipinski definition) is 4. The van der Waals surface area contributed by atoms with Crippen molar-refractivity contribution >= 4 is 28.7 Å². The molecule has 0 amide bonds. The molecule has 6 nitrogen and oxygen atoms in total. The van der Waals surface area contributed by atoms with E-state index in [0.29, 0.717) is 33.8 Å². The highest BCUT2D eigenvalue weighted by Crippen LogP contribution is 2.43. The molecule has 0 aliphatic heterocycles. The van der Waals surface area contributed by atoms with Gasteiger partial charge in [0.1, 0.15) is 16.6 Å². The molecule has 0 saturated heterocycles. The number of imidazole rings is 1. The van der Waals surface area contributed by atoms with E-state index in [1.165, 1.54) is 10.5 Å². The van der Waals surface area contributed by atoms with Crippen molar-refractivity contribution in [3.05, 3.63) is 58.3 Å². The fourth-order valence-electron chi connectivity index (χ4n) is 4.04. The number of pyridine rings is 1. The molecule has 4 aromatic heterocycles. The van der Waals surface area contributed by atoms with E-state index in [1.807, 2.05) is 0 Å². The summed E-state index contributed by atoms with van der Waals surface area (Å²) in [6, 6.07) is 2.90. The van der Waals surface area contributed by atoms with Gasteiger partial charge in [-0.05, 0) is 49.1 Å². The second kappa shape index (κ2) is 6.59. The Morgan fingerprint density at radius 3 is 2.52 bits per heavy atom. The Morgan fingerprint density at radius 2 is 1.81 bits per heavy atom. The first-order valence-electron chi connectivity index (χ1n) is 10.2. The van der Waals surface area contributed by atoms with Crippen molar-refractivity contribution in [2.75, 3.05) is 5.32 Å². The van der Waals surface area contributed by atoms with Crippen molar-refractivity contribution in [2.24, 2.45) is 0 Å². The predicted octanol–water partition coefficient (Wildman–Crippen LogP) is 5.42. The molecule has 4 aromatic rings. The molecule has 0 bridgehead atoms. The van der Waals surface area contributed by atoms with Crippen molar-refractivity contribution in [3.8, 4) is 0 Å². The van der Waals surface area contributed by atoms with Crippen molar-refractivity contribution < 1.29 is 13.2 Å². The zero-order chi connectivity index (χ0) is 21.3. The lowest BCUT2D eigenvalue weighted by molar-refractivity contribution is -0.136. The van der Waals surface area contributed by atoms with Crippen LogP contribution in [0.15, 0.2) is 30.7 Å². The number of hydrogen-bond donors (Lipinski definition) is 1. The molecule has 2 saturated carbocycles. The minimum atomic E-state index is -4.46. The molecule has 2 aliphatic rings. The molecule has 0 spiro atoms. The van der Waals surface area contributed by atoms with Crippen LogP contribution in [0.3, 0.4) is 0 Å². The minimum absolute atomic E-state index is 0.0817. The second-order valence-electron chi connectivity index (χ2n) is 8.35. The molecule has 2 aliphatic carbocycles. The summed E-state index contributed by atoms with van der Waals surface area (Å²) in [5.41, 5.74) is 2.21. The van der Waals surface area contributed by atoms with E-state index in [9.17, 15) is 13.2 Å². The molecule has 0 radical (unpaired) electrons. The predicted molar refractivity (Wildman–Crippen MR) is 109 cm³/mol. The van der Waals surface area contributed by atoms with Crippen molar-refractivity contribution in [3.63, 3.8) is 0 Å². The average Bonchev–Trinajstić information content (AvgIpc) is 3.64. The average molecular weight is 447 g/mol. The van der Waals surface area contributed by atoms with Gasteiger partial charge in [0.05, 0.1) is 24.0 Å². The number of nitrogens with zero attached hydrogens (tertiary/aromatic N) is 5. The molecule has 160 valence electrons. The Morgan fingerprint density at radius 1 is 1.03 bits per heavy atom. The fourth-order valence-corrected chi connectivity index (χ4v) is 4.23. The summed E-state index contributed by atoms with van der Waals surface area (Å²) in [6.45, 7) is 0.228. The Labute approximate surface area is 180 Å². The van der Waals surface area contributed by atoms with Crippen LogP contribution in [0, 0.1) is 0 Å². The van der Waals surface area contributed by atoms with Crippen LogP contribution >= 0.6 is 11.6 Å². The van der Waals surface area contributed by atoms with Gasteiger partial charge in [0, 0.05) is 24.0 Å². The summed E-state index contributed by atoms with van der Waals surface area (Å²) in [5, 5.41) is 7.96. The quantitative estimate of drug-likeness (QED) is 0.416. The number of anilines is 1. The van der Waals surface area contributed by atoms with Gasteiger partial charge in [-0.25, -0.2) is 9.97 Å². The van der Waals surface area contributed by atoms with Gasteiger partial charge < -0.3 is 9.72 Å². The molecule has 0 atom stereocenters. The van der Waals surface area contributed by atoms with Gasteiger partial charge in [-0.15, -0.1) is 0 Å². The van der Waals surface area contributed by atoms with Gasteiger partial charge in [0.25, 0.3) is 0 Å². The molecule has 0 unspecified atom stereocenters. The highest BCUT2D eigenvalue weighted by atomic mass is 35.5. The maximum absolute atomic E-state index is 13.6. The lowest BCUT2D eigenvalue weighted by atomic mass is 10.1.